The van der Waals surface area contributed by atoms with E-state index in [0.717, 1.165) is 5.56 Å². The molecule has 0 aliphatic carbocycles. The number of aliphatic hydroxyl groups is 2. The smallest absolute Gasteiger partial charge is 0.346 e. The molecule has 1 unspecified atom stereocenters. The van der Waals surface area contributed by atoms with Crippen LogP contribution < -0.4 is 5.32 Å². The number of benzene rings is 2. The Hall–Kier alpha value is -3.94. The summed E-state index contributed by atoms with van der Waals surface area (Å²) < 4.78 is 18.7. The monoisotopic (exact) mass is 625 g/mol. The molecule has 0 spiro atoms. The molecule has 5 rings (SSSR count). The van der Waals surface area contributed by atoms with E-state index >= 15 is 0 Å². The molecule has 1 aliphatic heterocycles. The Bertz CT molecular complexity index is 1570. The van der Waals surface area contributed by atoms with Crippen LogP contribution in [0.25, 0.3) is 11.2 Å². The first-order valence-corrected chi connectivity index (χ1v) is 14.2. The molecule has 0 saturated carbocycles. The minimum Gasteiger partial charge on any atom is -0.463 e. The van der Waals surface area contributed by atoms with Crippen LogP contribution in [-0.4, -0.2) is 78.6 Å². The lowest BCUT2D eigenvalue weighted by Crippen LogP contribution is -2.52. The number of carbonyl (C=O) groups excluding carboxylic acids is 2. The molecule has 0 amide bonds. The number of rotatable bonds is 12. The van der Waals surface area contributed by atoms with Gasteiger partial charge in [0.25, 0.3) is 0 Å². The number of nitrogens with one attached hydrogen (secondary N) is 1. The molecule has 4 aromatic rings. The third-order valence-corrected chi connectivity index (χ3v) is 7.44. The van der Waals surface area contributed by atoms with E-state index in [2.05, 4.69) is 20.3 Å². The summed E-state index contributed by atoms with van der Waals surface area (Å²) in [6.07, 6.45) is -3.79. The highest BCUT2D eigenvalue weighted by atomic mass is 35.5. The number of ketones is 1. The lowest BCUT2D eigenvalue weighted by atomic mass is 9.90. The number of anilines is 1. The molecule has 0 radical (unpaired) electrons. The molecule has 12 nitrogen and oxygen atoms in total. The molecule has 2 aromatic heterocycles. The number of hydrogen-bond acceptors (Lipinski definition) is 11. The zero-order chi connectivity index (χ0) is 30.6. The van der Waals surface area contributed by atoms with Crippen LogP contribution in [0.3, 0.4) is 0 Å². The third-order valence-electron chi connectivity index (χ3n) is 7.27. The Morgan fingerprint density at radius 1 is 1.05 bits per heavy atom. The van der Waals surface area contributed by atoms with Crippen LogP contribution in [0.15, 0.2) is 67.0 Å². The Balaban J connectivity index is 0.00000442. The first-order valence-electron chi connectivity index (χ1n) is 13.8. The topological polar surface area (TPSA) is 158 Å². The van der Waals surface area contributed by atoms with Crippen molar-refractivity contribution in [1.29, 1.82) is 0 Å². The van der Waals surface area contributed by atoms with Crippen molar-refractivity contribution in [2.45, 2.75) is 64.4 Å². The van der Waals surface area contributed by atoms with Gasteiger partial charge < -0.3 is 29.7 Å². The number of carbonyl (C=O) groups is 2. The predicted octanol–water partition coefficient (Wildman–Crippen LogP) is 3.50. The minimum atomic E-state index is -1.98. The van der Waals surface area contributed by atoms with Gasteiger partial charge in [0.15, 0.2) is 29.0 Å². The number of halogens is 1. The van der Waals surface area contributed by atoms with E-state index in [-0.39, 0.29) is 31.4 Å². The number of Topliss-reactive ketones (excluding diaryl/α,β-unsaturated/α-hetero) is 1. The van der Waals surface area contributed by atoms with Gasteiger partial charge in [0.1, 0.15) is 18.3 Å². The van der Waals surface area contributed by atoms with Gasteiger partial charge in [0, 0.05) is 13.0 Å². The fourth-order valence-electron chi connectivity index (χ4n) is 4.99. The summed E-state index contributed by atoms with van der Waals surface area (Å²) in [6.45, 7) is 2.97. The van der Waals surface area contributed by atoms with Gasteiger partial charge in [-0.2, -0.15) is 9.97 Å². The Morgan fingerprint density at radius 3 is 2.34 bits per heavy atom. The van der Waals surface area contributed by atoms with Crippen LogP contribution in [0, 0.1) is 0 Å². The maximum absolute atomic E-state index is 13.1. The standard InChI is InChI=1S/C30H32ClN5O7.CH4/c1-3-41-28(40)30(18(2)37,14-19-10-6-4-7-11-19)42-16-21-23(38)24(39)27(43-21)36-17-33-22-25(34-29(31)35-26(22)36)32-15-20-12-8-5-9-13-20;/h4-13,17,21,23-24,27,38-39H,3,14-16H2,1-2H3,(H,32,34,35);1H4/t21-,23-,24-,27-,30?;/m1./s1. The van der Waals surface area contributed by atoms with Crippen molar-refractivity contribution < 1.29 is 34.0 Å². The molecule has 1 fully saturated rings. The molecule has 2 aromatic carbocycles. The number of ether oxygens (including phenoxy) is 3. The zero-order valence-electron chi connectivity index (χ0n) is 23.6. The summed E-state index contributed by atoms with van der Waals surface area (Å²) in [7, 11) is 0. The maximum Gasteiger partial charge on any atom is 0.346 e. The van der Waals surface area contributed by atoms with E-state index in [1.165, 1.54) is 17.8 Å². The Kier molecular flexibility index (Phi) is 10.7. The van der Waals surface area contributed by atoms with Gasteiger partial charge in [-0.3, -0.25) is 9.36 Å². The largest absolute Gasteiger partial charge is 0.463 e. The number of hydrogen-bond donors (Lipinski definition) is 3. The number of aliphatic hydroxyl groups excluding tert-OH is 2. The second-order valence-electron chi connectivity index (χ2n) is 10.1. The first-order chi connectivity index (χ1) is 20.7. The Morgan fingerprint density at radius 2 is 1.70 bits per heavy atom. The van der Waals surface area contributed by atoms with Crippen molar-refractivity contribution in [2.24, 2.45) is 0 Å². The average Bonchev–Trinajstić information content (AvgIpc) is 3.54. The highest BCUT2D eigenvalue weighted by Gasteiger charge is 2.50. The van der Waals surface area contributed by atoms with Gasteiger partial charge in [-0.1, -0.05) is 68.1 Å². The quantitative estimate of drug-likeness (QED) is 0.120. The van der Waals surface area contributed by atoms with E-state index in [9.17, 15) is 19.8 Å². The molecule has 234 valence electrons. The Labute approximate surface area is 260 Å². The van der Waals surface area contributed by atoms with E-state index in [0.29, 0.717) is 23.4 Å². The molecule has 3 N–H and O–H groups in total. The van der Waals surface area contributed by atoms with E-state index in [4.69, 9.17) is 25.8 Å². The highest BCUT2D eigenvalue weighted by Crippen LogP contribution is 2.34. The van der Waals surface area contributed by atoms with Gasteiger partial charge in [-0.05, 0) is 36.6 Å². The molecule has 13 heteroatoms. The van der Waals surface area contributed by atoms with Crippen molar-refractivity contribution in [3.63, 3.8) is 0 Å². The van der Waals surface area contributed by atoms with Gasteiger partial charge >= 0.3 is 5.97 Å². The van der Waals surface area contributed by atoms with E-state index in [1.807, 2.05) is 36.4 Å². The minimum absolute atomic E-state index is 0. The molecular weight excluding hydrogens is 590 g/mol. The number of aromatic nitrogens is 4. The van der Waals surface area contributed by atoms with Gasteiger partial charge in [-0.15, -0.1) is 0 Å². The van der Waals surface area contributed by atoms with E-state index in [1.54, 1.807) is 31.2 Å². The second-order valence-corrected chi connectivity index (χ2v) is 10.5. The van der Waals surface area contributed by atoms with E-state index < -0.39 is 48.5 Å². The molecule has 1 aliphatic rings. The predicted molar refractivity (Wildman–Crippen MR) is 163 cm³/mol. The lowest BCUT2D eigenvalue weighted by Gasteiger charge is -2.30. The second kappa shape index (κ2) is 14.2. The summed E-state index contributed by atoms with van der Waals surface area (Å²) in [4.78, 5) is 39.0. The molecule has 3 heterocycles. The number of nitrogens with zero attached hydrogens (tertiary/aromatic N) is 4. The van der Waals surface area contributed by atoms with Crippen molar-refractivity contribution in [3.8, 4) is 0 Å². The summed E-state index contributed by atoms with van der Waals surface area (Å²) in [5.74, 6) is -1.03. The van der Waals surface area contributed by atoms with Crippen molar-refractivity contribution in [3.05, 3.63) is 83.4 Å². The maximum atomic E-state index is 13.1. The average molecular weight is 626 g/mol. The SMILES string of the molecule is C.CCOC(=O)C(Cc1ccccc1)(OC[C@H]1O[C@@H](n2cnc3c(NCc4ccccc4)nc(Cl)nc32)[C@H](O)[C@@H]1O)C(C)=O. The van der Waals surface area contributed by atoms with Crippen LogP contribution >= 0.6 is 11.6 Å². The fourth-order valence-corrected chi connectivity index (χ4v) is 5.15. The summed E-state index contributed by atoms with van der Waals surface area (Å²) in [5, 5.41) is 25.1. The summed E-state index contributed by atoms with van der Waals surface area (Å²) in [6, 6.07) is 18.6. The summed E-state index contributed by atoms with van der Waals surface area (Å²) in [5.41, 5.74) is 0.357. The van der Waals surface area contributed by atoms with Crippen molar-refractivity contribution in [1.82, 2.24) is 19.5 Å². The van der Waals surface area contributed by atoms with Crippen LogP contribution in [0.5, 0.6) is 0 Å². The highest BCUT2D eigenvalue weighted by molar-refractivity contribution is 6.28. The van der Waals surface area contributed by atoms with Gasteiger partial charge in [0.2, 0.25) is 10.9 Å². The first kappa shape index (κ1) is 33.0. The molecule has 1 saturated heterocycles. The zero-order valence-corrected chi connectivity index (χ0v) is 24.3. The lowest BCUT2D eigenvalue weighted by molar-refractivity contribution is -0.183. The van der Waals surface area contributed by atoms with Crippen molar-refractivity contribution in [2.75, 3.05) is 18.5 Å². The number of fused-ring (bicyclic) bond motifs is 1. The number of imidazole rings is 1. The van der Waals surface area contributed by atoms with Crippen LogP contribution in [0.4, 0.5) is 5.82 Å². The van der Waals surface area contributed by atoms with Gasteiger partial charge in [-0.25, -0.2) is 9.78 Å². The van der Waals surface area contributed by atoms with Gasteiger partial charge in [0.05, 0.1) is 19.5 Å². The molecular formula is C31H36ClN5O7. The fraction of sp³-hybridized carbons (Fsp3) is 0.387. The van der Waals surface area contributed by atoms with Crippen LogP contribution in [0.2, 0.25) is 5.28 Å². The number of esters is 1. The molecule has 44 heavy (non-hydrogen) atoms. The van der Waals surface area contributed by atoms with Crippen LogP contribution in [-0.2, 0) is 36.8 Å². The van der Waals surface area contributed by atoms with Crippen molar-refractivity contribution >= 4 is 40.3 Å². The molecule has 5 atom stereocenters. The third kappa shape index (κ3) is 6.74. The summed E-state index contributed by atoms with van der Waals surface area (Å²) >= 11 is 6.23. The molecule has 0 bridgehead atoms. The van der Waals surface area contributed by atoms with Crippen LogP contribution in [0.1, 0.15) is 38.6 Å². The normalized spacial score (nSPS) is 20.9.